The largest absolute Gasteiger partial charge is 0.458 e. The van der Waals surface area contributed by atoms with Gasteiger partial charge in [0.1, 0.15) is 0 Å². The van der Waals surface area contributed by atoms with E-state index in [9.17, 15) is 35.9 Å². The van der Waals surface area contributed by atoms with E-state index in [0.717, 1.165) is 42.6 Å². The fraction of sp³-hybridized carbons (Fsp3) is 0.440. The number of alkyl halides is 6. The molecule has 0 aliphatic carbocycles. The number of fused-ring (bicyclic) bond motifs is 3. The second-order valence-corrected chi connectivity index (χ2v) is 9.66. The molecular weight excluding hydrogens is 540 g/mol. The summed E-state index contributed by atoms with van der Waals surface area (Å²) >= 11 is 6.40. The molecule has 0 amide bonds. The first-order valence-electron chi connectivity index (χ1n) is 11.7. The van der Waals surface area contributed by atoms with Gasteiger partial charge in [0.2, 0.25) is 0 Å². The Morgan fingerprint density at radius 2 is 1.76 bits per heavy atom. The third kappa shape index (κ3) is 5.92. The lowest BCUT2D eigenvalue weighted by Crippen LogP contribution is -2.44. The van der Waals surface area contributed by atoms with Crippen molar-refractivity contribution in [2.75, 3.05) is 36.5 Å². The van der Waals surface area contributed by atoms with Gasteiger partial charge in [0, 0.05) is 42.0 Å². The zero-order chi connectivity index (χ0) is 27.8. The molecule has 13 heteroatoms. The second-order valence-electron chi connectivity index (χ2n) is 9.25. The van der Waals surface area contributed by atoms with Gasteiger partial charge < -0.3 is 20.3 Å². The number of ether oxygens (including phenoxy) is 1. The van der Waals surface area contributed by atoms with Crippen LogP contribution in [-0.4, -0.2) is 56.2 Å². The minimum absolute atomic E-state index is 0.560. The van der Waals surface area contributed by atoms with E-state index in [1.807, 2.05) is 12.1 Å². The van der Waals surface area contributed by atoms with Crippen molar-refractivity contribution in [2.45, 2.75) is 44.3 Å². The van der Waals surface area contributed by atoms with Crippen LogP contribution >= 0.6 is 11.6 Å². The average molecular weight is 564 g/mol. The molecular formula is C25H24ClF6N3O3. The van der Waals surface area contributed by atoms with Gasteiger partial charge in [-0.05, 0) is 55.3 Å². The summed E-state index contributed by atoms with van der Waals surface area (Å²) in [6.07, 6.45) is -10.3. The number of aryl methyl sites for hydroxylation is 1. The summed E-state index contributed by atoms with van der Waals surface area (Å²) in [6, 6.07) is 11.3. The van der Waals surface area contributed by atoms with E-state index in [4.69, 9.17) is 16.3 Å². The monoisotopic (exact) mass is 563 g/mol. The maximum absolute atomic E-state index is 11.2. The Kier molecular flexibility index (Phi) is 7.96. The quantitative estimate of drug-likeness (QED) is 0.383. The van der Waals surface area contributed by atoms with Gasteiger partial charge in [-0.1, -0.05) is 17.7 Å². The molecule has 2 aromatic carbocycles. The lowest BCUT2D eigenvalue weighted by Gasteiger charge is -2.33. The molecule has 0 unspecified atom stereocenters. The van der Waals surface area contributed by atoms with Crippen LogP contribution in [0.5, 0.6) is 0 Å². The number of rotatable bonds is 3. The minimum atomic E-state index is -5.77. The molecule has 2 aromatic rings. The van der Waals surface area contributed by atoms with Crippen molar-refractivity contribution in [1.82, 2.24) is 5.32 Å². The van der Waals surface area contributed by atoms with Gasteiger partial charge in [-0.3, -0.25) is 9.59 Å². The van der Waals surface area contributed by atoms with Crippen LogP contribution in [0.15, 0.2) is 30.3 Å². The molecule has 6 nitrogen and oxygen atoms in total. The smallest absolute Gasteiger partial charge is 0.375 e. The number of benzene rings is 2. The molecule has 3 aliphatic heterocycles. The molecule has 38 heavy (non-hydrogen) atoms. The highest BCUT2D eigenvalue weighted by Crippen LogP contribution is 2.47. The maximum Gasteiger partial charge on any atom is 0.458 e. The molecule has 1 fully saturated rings. The van der Waals surface area contributed by atoms with Crippen molar-refractivity contribution in [2.24, 2.45) is 0 Å². The van der Waals surface area contributed by atoms with E-state index in [2.05, 4.69) is 40.7 Å². The summed E-state index contributed by atoms with van der Waals surface area (Å²) in [5.41, 5.74) is 7.42. The van der Waals surface area contributed by atoms with Crippen molar-refractivity contribution >= 4 is 40.2 Å². The summed E-state index contributed by atoms with van der Waals surface area (Å²) in [6.45, 7) is 6.73. The van der Waals surface area contributed by atoms with Crippen LogP contribution in [-0.2, 0) is 20.9 Å². The fourth-order valence-corrected chi connectivity index (χ4v) is 5.17. The molecule has 206 valence electrons. The first kappa shape index (κ1) is 28.2. The van der Waals surface area contributed by atoms with Crippen LogP contribution in [0, 0.1) is 6.92 Å². The van der Waals surface area contributed by atoms with Crippen molar-refractivity contribution < 1.29 is 40.7 Å². The van der Waals surface area contributed by atoms with Crippen LogP contribution in [0.1, 0.15) is 29.0 Å². The molecule has 0 radical (unpaired) electrons. The number of halogens is 7. The highest BCUT2D eigenvalue weighted by Gasteiger charge is 2.54. The minimum Gasteiger partial charge on any atom is -0.375 e. The van der Waals surface area contributed by atoms with Crippen LogP contribution in [0.3, 0.4) is 0 Å². The maximum atomic E-state index is 11.2. The number of nitrogens with one attached hydrogen (secondary N) is 2. The summed E-state index contributed by atoms with van der Waals surface area (Å²) < 4.78 is 72.9. The molecule has 0 aromatic heterocycles. The normalized spacial score (nSPS) is 20.5. The summed E-state index contributed by atoms with van der Waals surface area (Å²) in [5, 5.41) is 7.88. The first-order chi connectivity index (χ1) is 17.8. The average Bonchev–Trinajstić information content (AvgIpc) is 3.00. The van der Waals surface area contributed by atoms with Gasteiger partial charge in [-0.2, -0.15) is 26.3 Å². The molecule has 2 atom stereocenters. The number of Topliss-reactive ketones (excluding diaryl/α,β-unsaturated/α-hetero) is 2. The summed E-state index contributed by atoms with van der Waals surface area (Å²) in [5.74, 6) is -6.25. The van der Waals surface area contributed by atoms with E-state index in [-0.39, 0.29) is 0 Å². The van der Waals surface area contributed by atoms with E-state index in [1.54, 1.807) is 0 Å². The number of hydrogen-bond donors (Lipinski definition) is 2. The highest BCUT2D eigenvalue weighted by atomic mass is 35.5. The van der Waals surface area contributed by atoms with Crippen LogP contribution in [0.25, 0.3) is 0 Å². The number of carbonyl (C=O) groups excluding carboxylic acids is 2. The molecule has 0 spiro atoms. The van der Waals surface area contributed by atoms with Gasteiger partial charge in [0.05, 0.1) is 23.9 Å². The molecule has 0 saturated carbocycles. The Hall–Kier alpha value is -2.83. The SMILES string of the molecule is Cc1ccc(Cl)c(Nc2cc3c4c(c2)[C@@H]2CNCC[C@@H]2N4CCOC3)c1.O=C(C(=O)C(F)(F)F)C(F)(F)F. The molecule has 1 saturated heterocycles. The van der Waals surface area contributed by atoms with Crippen molar-refractivity contribution in [3.63, 3.8) is 0 Å². The fourth-order valence-electron chi connectivity index (χ4n) is 5.01. The molecule has 5 rings (SSSR count). The number of ketones is 2. The number of nitrogens with zero attached hydrogens (tertiary/aromatic N) is 1. The Balaban J connectivity index is 0.000000240. The van der Waals surface area contributed by atoms with Crippen molar-refractivity contribution in [3.8, 4) is 0 Å². The number of piperidine rings is 1. The predicted molar refractivity (Wildman–Crippen MR) is 129 cm³/mol. The number of hydrogen-bond acceptors (Lipinski definition) is 6. The lowest BCUT2D eigenvalue weighted by molar-refractivity contribution is -0.193. The first-order valence-corrected chi connectivity index (χ1v) is 12.1. The third-order valence-electron chi connectivity index (χ3n) is 6.61. The number of carbonyl (C=O) groups is 2. The van der Waals surface area contributed by atoms with Gasteiger partial charge in [0.15, 0.2) is 0 Å². The lowest BCUT2D eigenvalue weighted by atomic mass is 9.89. The van der Waals surface area contributed by atoms with Crippen molar-refractivity contribution in [3.05, 3.63) is 52.0 Å². The molecule has 3 aliphatic rings. The van der Waals surface area contributed by atoms with Gasteiger partial charge in [-0.15, -0.1) is 0 Å². The number of anilines is 3. The van der Waals surface area contributed by atoms with Gasteiger partial charge in [0.25, 0.3) is 0 Å². The Bertz CT molecular complexity index is 1210. The predicted octanol–water partition coefficient (Wildman–Crippen LogP) is 5.44. The van der Waals surface area contributed by atoms with E-state index in [0.29, 0.717) is 18.6 Å². The standard InChI is InChI=1S/C21H24ClN3O.C4F6O2/c1-13-2-3-18(22)19(8-13)24-15-9-14-12-26-7-6-25-20-4-5-23-11-17(20)16(10-15)21(14)25;5-3(6,7)1(11)2(12)4(8,9)10/h2-3,8-10,17,20,23-24H,4-7,11-12H2,1H3;/t17-,20-;/m0./s1. The highest BCUT2D eigenvalue weighted by molar-refractivity contribution is 6.41. The van der Waals surface area contributed by atoms with E-state index >= 15 is 0 Å². The van der Waals surface area contributed by atoms with Gasteiger partial charge in [-0.25, -0.2) is 0 Å². The van der Waals surface area contributed by atoms with Crippen molar-refractivity contribution in [1.29, 1.82) is 0 Å². The zero-order valence-corrected chi connectivity index (χ0v) is 20.9. The second kappa shape index (κ2) is 10.7. The third-order valence-corrected chi connectivity index (χ3v) is 6.94. The Morgan fingerprint density at radius 3 is 2.42 bits per heavy atom. The summed E-state index contributed by atoms with van der Waals surface area (Å²) in [7, 11) is 0. The van der Waals surface area contributed by atoms with E-state index < -0.39 is 23.9 Å². The molecule has 3 heterocycles. The Morgan fingerprint density at radius 1 is 1.08 bits per heavy atom. The van der Waals surface area contributed by atoms with Crippen LogP contribution < -0.4 is 15.5 Å². The summed E-state index contributed by atoms with van der Waals surface area (Å²) in [4.78, 5) is 21.8. The topological polar surface area (TPSA) is 70.7 Å². The van der Waals surface area contributed by atoms with E-state index in [1.165, 1.54) is 28.8 Å². The molecule has 0 bridgehead atoms. The van der Waals surface area contributed by atoms with Gasteiger partial charge >= 0.3 is 23.9 Å². The van der Waals surface area contributed by atoms with Crippen LogP contribution in [0.2, 0.25) is 5.02 Å². The zero-order valence-electron chi connectivity index (χ0n) is 20.1. The Labute approximate surface area is 219 Å². The van der Waals surface area contributed by atoms with Crippen LogP contribution in [0.4, 0.5) is 43.4 Å². The molecule has 2 N–H and O–H groups in total.